The number of carbonyl (C=O) groups is 1. The number of ether oxygens (including phenoxy) is 1. The SMILES string of the molecule is COCCC(C)C(=O)NCC(O)c1ccccc1Cl. The van der Waals surface area contributed by atoms with E-state index in [4.69, 9.17) is 16.3 Å². The summed E-state index contributed by atoms with van der Waals surface area (Å²) in [7, 11) is 1.60. The van der Waals surface area contributed by atoms with E-state index in [0.29, 0.717) is 23.6 Å². The first-order valence-corrected chi connectivity index (χ1v) is 6.63. The molecule has 2 N–H and O–H groups in total. The molecule has 0 spiro atoms. The van der Waals surface area contributed by atoms with Crippen LogP contribution in [0.4, 0.5) is 0 Å². The van der Waals surface area contributed by atoms with Gasteiger partial charge in [0, 0.05) is 36.8 Å². The van der Waals surface area contributed by atoms with Gasteiger partial charge in [0.05, 0.1) is 6.10 Å². The van der Waals surface area contributed by atoms with E-state index in [1.54, 1.807) is 31.4 Å². The predicted molar refractivity (Wildman–Crippen MR) is 75.1 cm³/mol. The third-order valence-corrected chi connectivity index (χ3v) is 3.28. The van der Waals surface area contributed by atoms with Gasteiger partial charge in [-0.05, 0) is 12.5 Å². The van der Waals surface area contributed by atoms with Gasteiger partial charge in [-0.15, -0.1) is 0 Å². The molecule has 0 saturated heterocycles. The Bertz CT molecular complexity index is 411. The second-order valence-corrected chi connectivity index (χ2v) is 4.87. The van der Waals surface area contributed by atoms with E-state index in [-0.39, 0.29) is 18.4 Å². The first-order chi connectivity index (χ1) is 9.06. The van der Waals surface area contributed by atoms with Crippen molar-refractivity contribution < 1.29 is 14.6 Å². The molecule has 19 heavy (non-hydrogen) atoms. The molecule has 2 atom stereocenters. The first-order valence-electron chi connectivity index (χ1n) is 6.25. The molecule has 0 aliphatic rings. The zero-order valence-corrected chi connectivity index (χ0v) is 12.0. The summed E-state index contributed by atoms with van der Waals surface area (Å²) in [6.07, 6.45) is -0.142. The maximum atomic E-state index is 11.8. The number of nitrogens with one attached hydrogen (secondary N) is 1. The highest BCUT2D eigenvalue weighted by molar-refractivity contribution is 6.31. The maximum absolute atomic E-state index is 11.8. The molecule has 1 aromatic carbocycles. The average molecular weight is 286 g/mol. The topological polar surface area (TPSA) is 58.6 Å². The Hall–Kier alpha value is -1.10. The van der Waals surface area contributed by atoms with Gasteiger partial charge in [-0.25, -0.2) is 0 Å². The van der Waals surface area contributed by atoms with Gasteiger partial charge >= 0.3 is 0 Å². The number of methoxy groups -OCH3 is 1. The highest BCUT2D eigenvalue weighted by Gasteiger charge is 2.16. The van der Waals surface area contributed by atoms with Crippen molar-refractivity contribution in [1.82, 2.24) is 5.32 Å². The van der Waals surface area contributed by atoms with E-state index in [0.717, 1.165) is 0 Å². The van der Waals surface area contributed by atoms with E-state index >= 15 is 0 Å². The highest BCUT2D eigenvalue weighted by Crippen LogP contribution is 2.21. The van der Waals surface area contributed by atoms with E-state index in [1.807, 2.05) is 6.92 Å². The van der Waals surface area contributed by atoms with Crippen molar-refractivity contribution in [2.24, 2.45) is 5.92 Å². The standard InChI is InChI=1S/C14H20ClNO3/c1-10(7-8-19-2)14(18)16-9-13(17)11-5-3-4-6-12(11)15/h3-6,10,13,17H,7-9H2,1-2H3,(H,16,18). The van der Waals surface area contributed by atoms with Crippen LogP contribution in [0, 0.1) is 5.92 Å². The molecule has 4 nitrogen and oxygen atoms in total. The molecular formula is C14H20ClNO3. The number of hydrogen-bond donors (Lipinski definition) is 2. The zero-order valence-electron chi connectivity index (χ0n) is 11.2. The summed E-state index contributed by atoms with van der Waals surface area (Å²) >= 11 is 5.98. The Morgan fingerprint density at radius 3 is 2.79 bits per heavy atom. The Morgan fingerprint density at radius 1 is 1.47 bits per heavy atom. The molecule has 0 bridgehead atoms. The average Bonchev–Trinajstić information content (AvgIpc) is 2.42. The van der Waals surface area contributed by atoms with E-state index in [9.17, 15) is 9.90 Å². The monoisotopic (exact) mass is 285 g/mol. The predicted octanol–water partition coefficient (Wildman–Crippen LogP) is 2.16. The minimum absolute atomic E-state index is 0.0943. The molecule has 5 heteroatoms. The van der Waals surface area contributed by atoms with Gasteiger partial charge in [0.25, 0.3) is 0 Å². The van der Waals surface area contributed by atoms with Gasteiger partial charge in [0.15, 0.2) is 0 Å². The quantitative estimate of drug-likeness (QED) is 0.807. The Morgan fingerprint density at radius 2 is 2.16 bits per heavy atom. The van der Waals surface area contributed by atoms with E-state index < -0.39 is 6.10 Å². The van der Waals surface area contributed by atoms with Crippen molar-refractivity contribution in [3.8, 4) is 0 Å². The first kappa shape index (κ1) is 16.0. The lowest BCUT2D eigenvalue weighted by Crippen LogP contribution is -2.33. The van der Waals surface area contributed by atoms with Gasteiger partial charge in [-0.3, -0.25) is 4.79 Å². The molecule has 0 saturated carbocycles. The third kappa shape index (κ3) is 5.19. The molecule has 0 fully saturated rings. The Labute approximate surface area is 118 Å². The number of halogens is 1. The highest BCUT2D eigenvalue weighted by atomic mass is 35.5. The number of rotatable bonds is 7. The molecule has 106 valence electrons. The fraction of sp³-hybridized carbons (Fsp3) is 0.500. The van der Waals surface area contributed by atoms with Gasteiger partial charge in [0.2, 0.25) is 5.91 Å². The molecule has 1 amide bonds. The van der Waals surface area contributed by atoms with Crippen LogP contribution in [-0.2, 0) is 9.53 Å². The number of hydrogen-bond acceptors (Lipinski definition) is 3. The molecule has 0 aliphatic heterocycles. The number of amides is 1. The lowest BCUT2D eigenvalue weighted by atomic mass is 10.1. The smallest absolute Gasteiger partial charge is 0.223 e. The van der Waals surface area contributed by atoms with Crippen LogP contribution in [0.5, 0.6) is 0 Å². The molecule has 0 aromatic heterocycles. The van der Waals surface area contributed by atoms with Crippen LogP contribution in [0.1, 0.15) is 25.0 Å². The van der Waals surface area contributed by atoms with Crippen LogP contribution in [-0.4, -0.2) is 31.3 Å². The molecular weight excluding hydrogens is 266 g/mol. The van der Waals surface area contributed by atoms with E-state index in [2.05, 4.69) is 5.32 Å². The van der Waals surface area contributed by atoms with Crippen LogP contribution in [0.15, 0.2) is 24.3 Å². The van der Waals surface area contributed by atoms with Crippen LogP contribution >= 0.6 is 11.6 Å². The van der Waals surface area contributed by atoms with Gasteiger partial charge in [-0.1, -0.05) is 36.7 Å². The number of benzene rings is 1. The normalized spacial score (nSPS) is 13.9. The summed E-state index contributed by atoms with van der Waals surface area (Å²) < 4.78 is 4.93. The van der Waals surface area contributed by atoms with E-state index in [1.165, 1.54) is 0 Å². The molecule has 0 heterocycles. The van der Waals surface area contributed by atoms with Crippen molar-refractivity contribution in [3.63, 3.8) is 0 Å². The lowest BCUT2D eigenvalue weighted by molar-refractivity contribution is -0.125. The summed E-state index contributed by atoms with van der Waals surface area (Å²) in [4.78, 5) is 11.8. The van der Waals surface area contributed by atoms with Gasteiger partial charge < -0.3 is 15.2 Å². The molecule has 2 unspecified atom stereocenters. The van der Waals surface area contributed by atoms with Crippen molar-refractivity contribution in [2.75, 3.05) is 20.3 Å². The molecule has 1 rings (SSSR count). The third-order valence-electron chi connectivity index (χ3n) is 2.94. The molecule has 0 radical (unpaired) electrons. The summed E-state index contributed by atoms with van der Waals surface area (Å²) in [6.45, 7) is 2.53. The number of aliphatic hydroxyl groups is 1. The van der Waals surface area contributed by atoms with Crippen molar-refractivity contribution in [3.05, 3.63) is 34.9 Å². The fourth-order valence-electron chi connectivity index (χ4n) is 1.65. The summed E-state index contributed by atoms with van der Waals surface area (Å²) in [5.74, 6) is -0.235. The summed E-state index contributed by atoms with van der Waals surface area (Å²) in [6, 6.07) is 7.05. The summed E-state index contributed by atoms with van der Waals surface area (Å²) in [5.41, 5.74) is 0.619. The Balaban J connectivity index is 2.44. The summed E-state index contributed by atoms with van der Waals surface area (Å²) in [5, 5.41) is 13.2. The maximum Gasteiger partial charge on any atom is 0.223 e. The number of aliphatic hydroxyl groups excluding tert-OH is 1. The van der Waals surface area contributed by atoms with Crippen LogP contribution < -0.4 is 5.32 Å². The van der Waals surface area contributed by atoms with Crippen LogP contribution in [0.25, 0.3) is 0 Å². The second kappa shape index (κ2) is 8.15. The zero-order chi connectivity index (χ0) is 14.3. The molecule has 0 aliphatic carbocycles. The van der Waals surface area contributed by atoms with Crippen LogP contribution in [0.2, 0.25) is 5.02 Å². The van der Waals surface area contributed by atoms with Gasteiger partial charge in [0.1, 0.15) is 0 Å². The van der Waals surface area contributed by atoms with Crippen molar-refractivity contribution >= 4 is 17.5 Å². The second-order valence-electron chi connectivity index (χ2n) is 4.46. The Kier molecular flexibility index (Phi) is 6.84. The lowest BCUT2D eigenvalue weighted by Gasteiger charge is -2.16. The van der Waals surface area contributed by atoms with Crippen molar-refractivity contribution in [1.29, 1.82) is 0 Å². The van der Waals surface area contributed by atoms with Crippen LogP contribution in [0.3, 0.4) is 0 Å². The fourth-order valence-corrected chi connectivity index (χ4v) is 1.91. The minimum atomic E-state index is -0.799. The number of carbonyl (C=O) groups excluding carboxylic acids is 1. The molecule has 1 aromatic rings. The van der Waals surface area contributed by atoms with Crippen molar-refractivity contribution in [2.45, 2.75) is 19.4 Å². The largest absolute Gasteiger partial charge is 0.387 e. The minimum Gasteiger partial charge on any atom is -0.387 e. The van der Waals surface area contributed by atoms with Gasteiger partial charge in [-0.2, -0.15) is 0 Å².